The van der Waals surface area contributed by atoms with Crippen LogP contribution in [0, 0.1) is 0 Å². The smallest absolute Gasteiger partial charge is 0.343 e. The van der Waals surface area contributed by atoms with Crippen LogP contribution in [0.4, 0.5) is 0 Å². The molecule has 5 heteroatoms. The lowest BCUT2D eigenvalue weighted by Crippen LogP contribution is -2.11. The molecular weight excluding hydrogens is 444 g/mol. The van der Waals surface area contributed by atoms with Crippen molar-refractivity contribution in [3.8, 4) is 17.2 Å². The Bertz CT molecular complexity index is 972. The van der Waals surface area contributed by atoms with Crippen molar-refractivity contribution in [3.63, 3.8) is 0 Å². The van der Waals surface area contributed by atoms with Gasteiger partial charge in [0.15, 0.2) is 0 Å². The second-order valence-corrected chi connectivity index (χ2v) is 7.78. The van der Waals surface area contributed by atoms with Gasteiger partial charge in [-0.1, -0.05) is 44.2 Å². The van der Waals surface area contributed by atoms with Crippen LogP contribution in [0.3, 0.4) is 0 Å². The van der Waals surface area contributed by atoms with Gasteiger partial charge in [0.25, 0.3) is 0 Å². The second kappa shape index (κ2) is 10.8. The molecule has 0 aromatic heterocycles. The van der Waals surface area contributed by atoms with Crippen LogP contribution in [0.15, 0.2) is 77.3 Å². The van der Waals surface area contributed by atoms with E-state index in [1.807, 2.05) is 48.5 Å². The van der Waals surface area contributed by atoms with E-state index in [0.717, 1.165) is 16.6 Å². The molecule has 1 unspecified atom stereocenters. The van der Waals surface area contributed by atoms with Crippen LogP contribution in [0.5, 0.6) is 17.2 Å². The number of benzene rings is 3. The zero-order valence-corrected chi connectivity index (χ0v) is 18.7. The lowest BCUT2D eigenvalue weighted by molar-refractivity contribution is 0.0733. The van der Waals surface area contributed by atoms with E-state index in [1.165, 1.54) is 5.56 Å². The molecule has 156 valence electrons. The molecular formula is C25H25BrO4. The Balaban J connectivity index is 1.56. The number of carbonyl (C=O) groups excluding carboxylic acids is 1. The molecule has 0 bridgehead atoms. The topological polar surface area (TPSA) is 44.8 Å². The zero-order valence-electron chi connectivity index (χ0n) is 17.1. The van der Waals surface area contributed by atoms with Gasteiger partial charge >= 0.3 is 5.97 Å². The molecule has 0 N–H and O–H groups in total. The Morgan fingerprint density at radius 2 is 1.60 bits per heavy atom. The summed E-state index contributed by atoms with van der Waals surface area (Å²) in [7, 11) is 0. The number of esters is 1. The summed E-state index contributed by atoms with van der Waals surface area (Å²) < 4.78 is 17.7. The third-order valence-electron chi connectivity index (χ3n) is 4.77. The van der Waals surface area contributed by atoms with Gasteiger partial charge in [-0.25, -0.2) is 4.79 Å². The number of ether oxygens (including phenoxy) is 3. The number of carbonyl (C=O) groups is 1. The van der Waals surface area contributed by atoms with Crippen LogP contribution in [-0.2, 0) is 0 Å². The molecule has 0 aliphatic carbocycles. The molecule has 0 heterocycles. The molecule has 3 aromatic carbocycles. The predicted octanol–water partition coefficient (Wildman–Crippen LogP) is 6.64. The molecule has 4 nitrogen and oxygen atoms in total. The maximum atomic E-state index is 12.6. The van der Waals surface area contributed by atoms with Gasteiger partial charge in [0.05, 0.1) is 10.0 Å². The molecule has 0 saturated carbocycles. The van der Waals surface area contributed by atoms with E-state index in [9.17, 15) is 4.79 Å². The SMILES string of the molecule is CCC(C)c1ccc(OC(=O)c2cccc(OCCOc3ccccc3)c2)c(Br)c1. The number of rotatable bonds is 9. The molecule has 30 heavy (non-hydrogen) atoms. The second-order valence-electron chi connectivity index (χ2n) is 6.93. The highest BCUT2D eigenvalue weighted by molar-refractivity contribution is 9.10. The van der Waals surface area contributed by atoms with E-state index in [0.29, 0.717) is 36.2 Å². The monoisotopic (exact) mass is 468 g/mol. The van der Waals surface area contributed by atoms with Gasteiger partial charge < -0.3 is 14.2 Å². The van der Waals surface area contributed by atoms with Crippen LogP contribution in [0.25, 0.3) is 0 Å². The van der Waals surface area contributed by atoms with Crippen molar-refractivity contribution in [1.82, 2.24) is 0 Å². The summed E-state index contributed by atoms with van der Waals surface area (Å²) in [6, 6.07) is 22.3. The van der Waals surface area contributed by atoms with E-state index >= 15 is 0 Å². The maximum Gasteiger partial charge on any atom is 0.343 e. The van der Waals surface area contributed by atoms with Crippen LogP contribution in [0.1, 0.15) is 42.1 Å². The van der Waals surface area contributed by atoms with Crippen molar-refractivity contribution in [3.05, 3.63) is 88.4 Å². The van der Waals surface area contributed by atoms with Crippen LogP contribution >= 0.6 is 15.9 Å². The molecule has 0 saturated heterocycles. The number of halogens is 1. The molecule has 3 aromatic rings. The lowest BCUT2D eigenvalue weighted by atomic mass is 9.99. The van der Waals surface area contributed by atoms with Crippen LogP contribution in [-0.4, -0.2) is 19.2 Å². The molecule has 0 spiro atoms. The summed E-state index contributed by atoms with van der Waals surface area (Å²) in [6.45, 7) is 5.10. The minimum atomic E-state index is -0.432. The average Bonchev–Trinajstić information content (AvgIpc) is 2.78. The Kier molecular flexibility index (Phi) is 7.91. The van der Waals surface area contributed by atoms with Gasteiger partial charge in [-0.05, 0) is 76.3 Å². The molecule has 0 aliphatic heterocycles. The Hall–Kier alpha value is -2.79. The van der Waals surface area contributed by atoms with Crippen LogP contribution in [0.2, 0.25) is 0 Å². The van der Waals surface area contributed by atoms with Crippen LogP contribution < -0.4 is 14.2 Å². The summed E-state index contributed by atoms with van der Waals surface area (Å²) in [4.78, 5) is 12.6. The predicted molar refractivity (Wildman–Crippen MR) is 122 cm³/mol. The average molecular weight is 469 g/mol. The molecule has 0 amide bonds. The van der Waals surface area contributed by atoms with E-state index in [4.69, 9.17) is 14.2 Å². The van der Waals surface area contributed by atoms with Crippen molar-refractivity contribution < 1.29 is 19.0 Å². The van der Waals surface area contributed by atoms with E-state index in [2.05, 4.69) is 29.8 Å². The first-order valence-corrected chi connectivity index (χ1v) is 10.8. The molecule has 0 aliphatic rings. The lowest BCUT2D eigenvalue weighted by Gasteiger charge is -2.12. The minimum absolute atomic E-state index is 0.371. The molecule has 0 radical (unpaired) electrons. The van der Waals surface area contributed by atoms with Crippen molar-refractivity contribution in [2.24, 2.45) is 0 Å². The quantitative estimate of drug-likeness (QED) is 0.200. The zero-order chi connectivity index (χ0) is 21.3. The van der Waals surface area contributed by atoms with Crippen molar-refractivity contribution in [2.45, 2.75) is 26.2 Å². The highest BCUT2D eigenvalue weighted by atomic mass is 79.9. The fourth-order valence-electron chi connectivity index (χ4n) is 2.85. The standard InChI is InChI=1S/C25H25BrO4/c1-3-18(2)19-12-13-24(23(26)17-19)30-25(27)20-8-7-11-22(16-20)29-15-14-28-21-9-5-4-6-10-21/h4-13,16-18H,3,14-15H2,1-2H3. The van der Waals surface area contributed by atoms with Gasteiger partial charge in [0.1, 0.15) is 30.5 Å². The fourth-order valence-corrected chi connectivity index (χ4v) is 3.33. The summed E-state index contributed by atoms with van der Waals surface area (Å²) in [5.74, 6) is 1.90. The van der Waals surface area contributed by atoms with E-state index in [-0.39, 0.29) is 0 Å². The largest absolute Gasteiger partial charge is 0.490 e. The van der Waals surface area contributed by atoms with E-state index in [1.54, 1.807) is 24.3 Å². The molecule has 0 fully saturated rings. The summed E-state index contributed by atoms with van der Waals surface area (Å²) in [5, 5.41) is 0. The first-order valence-electron chi connectivity index (χ1n) is 9.99. The van der Waals surface area contributed by atoms with Crippen molar-refractivity contribution >= 4 is 21.9 Å². The normalized spacial score (nSPS) is 11.6. The number of para-hydroxylation sites is 1. The van der Waals surface area contributed by atoms with Gasteiger partial charge in [0, 0.05) is 0 Å². The summed E-state index contributed by atoms with van der Waals surface area (Å²) >= 11 is 3.51. The van der Waals surface area contributed by atoms with Gasteiger partial charge in [-0.15, -0.1) is 0 Å². The van der Waals surface area contributed by atoms with Crippen molar-refractivity contribution in [1.29, 1.82) is 0 Å². The Morgan fingerprint density at radius 3 is 2.30 bits per heavy atom. The van der Waals surface area contributed by atoms with Crippen molar-refractivity contribution in [2.75, 3.05) is 13.2 Å². The Labute approximate surface area is 185 Å². The summed E-state index contributed by atoms with van der Waals surface area (Å²) in [6.07, 6.45) is 1.05. The third kappa shape index (κ3) is 6.10. The first-order chi connectivity index (χ1) is 14.6. The highest BCUT2D eigenvalue weighted by Gasteiger charge is 2.13. The minimum Gasteiger partial charge on any atom is -0.490 e. The summed E-state index contributed by atoms with van der Waals surface area (Å²) in [5.41, 5.74) is 1.63. The van der Waals surface area contributed by atoms with Gasteiger partial charge in [0.2, 0.25) is 0 Å². The number of hydrogen-bond donors (Lipinski definition) is 0. The molecule has 3 rings (SSSR count). The third-order valence-corrected chi connectivity index (χ3v) is 5.39. The van der Waals surface area contributed by atoms with E-state index < -0.39 is 5.97 Å². The number of hydrogen-bond acceptors (Lipinski definition) is 4. The highest BCUT2D eigenvalue weighted by Crippen LogP contribution is 2.30. The maximum absolute atomic E-state index is 12.6. The fraction of sp³-hybridized carbons (Fsp3) is 0.240. The van der Waals surface area contributed by atoms with Gasteiger partial charge in [-0.2, -0.15) is 0 Å². The first kappa shape index (κ1) is 21.9. The van der Waals surface area contributed by atoms with Gasteiger partial charge in [-0.3, -0.25) is 0 Å². The molecule has 1 atom stereocenters. The Morgan fingerprint density at radius 1 is 0.900 bits per heavy atom.